The molecule has 3 heteroatoms. The average molecular weight is 263 g/mol. The minimum atomic E-state index is -0.217. The molecule has 0 saturated heterocycles. The number of carbonyl (C=O) groups excluding carboxylic acids is 2. The highest BCUT2D eigenvalue weighted by atomic mass is 35.5. The molecule has 1 aromatic rings. The number of allylic oxidation sites excluding steroid dienone is 1. The van der Waals surface area contributed by atoms with E-state index in [1.165, 1.54) is 0 Å². The Balaban J connectivity index is 2.30. The zero-order valence-electron chi connectivity index (χ0n) is 10.5. The van der Waals surface area contributed by atoms with Crippen molar-refractivity contribution in [2.75, 3.05) is 0 Å². The first-order valence-electron chi connectivity index (χ1n) is 5.91. The van der Waals surface area contributed by atoms with Gasteiger partial charge >= 0.3 is 0 Å². The number of benzene rings is 1. The molecule has 1 aliphatic rings. The Morgan fingerprint density at radius 3 is 2.06 bits per heavy atom. The van der Waals surface area contributed by atoms with E-state index < -0.39 is 0 Å². The Morgan fingerprint density at radius 1 is 1.06 bits per heavy atom. The van der Waals surface area contributed by atoms with Crippen molar-refractivity contribution in [3.8, 4) is 0 Å². The lowest BCUT2D eigenvalue weighted by Gasteiger charge is -2.28. The maximum absolute atomic E-state index is 12.0. The highest BCUT2D eigenvalue weighted by molar-refractivity contribution is 6.30. The Morgan fingerprint density at radius 2 is 1.56 bits per heavy atom. The Labute approximate surface area is 112 Å². The van der Waals surface area contributed by atoms with E-state index in [9.17, 15) is 9.59 Å². The van der Waals surface area contributed by atoms with Crippen LogP contribution in [0, 0.1) is 5.41 Å². The lowest BCUT2D eigenvalue weighted by atomic mass is 9.74. The van der Waals surface area contributed by atoms with Crippen LogP contribution in [0.5, 0.6) is 0 Å². The molecule has 0 unspecified atom stereocenters. The summed E-state index contributed by atoms with van der Waals surface area (Å²) in [6.45, 7) is 3.89. The molecule has 0 N–H and O–H groups in total. The van der Waals surface area contributed by atoms with Crippen molar-refractivity contribution in [2.24, 2.45) is 5.41 Å². The SMILES string of the molecule is CC1(C)CC(=O)C(=Cc2ccc(Cl)cc2)C(=O)C1. The lowest BCUT2D eigenvalue weighted by Crippen LogP contribution is -2.31. The highest BCUT2D eigenvalue weighted by Gasteiger charge is 2.35. The molecule has 0 amide bonds. The first kappa shape index (κ1) is 13.0. The zero-order valence-corrected chi connectivity index (χ0v) is 11.3. The van der Waals surface area contributed by atoms with Gasteiger partial charge in [-0.15, -0.1) is 0 Å². The third-order valence-corrected chi connectivity index (χ3v) is 3.31. The summed E-state index contributed by atoms with van der Waals surface area (Å²) in [5.41, 5.74) is 0.929. The maximum atomic E-state index is 12.0. The molecular formula is C15H15ClO2. The molecule has 0 atom stereocenters. The fourth-order valence-corrected chi connectivity index (χ4v) is 2.29. The Kier molecular flexibility index (Phi) is 3.40. The molecular weight excluding hydrogens is 248 g/mol. The van der Waals surface area contributed by atoms with Crippen molar-refractivity contribution in [1.29, 1.82) is 0 Å². The van der Waals surface area contributed by atoms with Gasteiger partial charge in [0, 0.05) is 17.9 Å². The van der Waals surface area contributed by atoms with E-state index in [4.69, 9.17) is 11.6 Å². The normalized spacial score (nSPS) is 18.9. The molecule has 94 valence electrons. The van der Waals surface area contributed by atoms with Crippen LogP contribution in [-0.2, 0) is 9.59 Å². The van der Waals surface area contributed by atoms with Gasteiger partial charge in [-0.1, -0.05) is 37.6 Å². The van der Waals surface area contributed by atoms with Gasteiger partial charge in [-0.05, 0) is 29.2 Å². The fourth-order valence-electron chi connectivity index (χ4n) is 2.16. The number of rotatable bonds is 1. The van der Waals surface area contributed by atoms with E-state index in [1.54, 1.807) is 30.3 Å². The standard InChI is InChI=1S/C15H15ClO2/c1-15(2)8-13(17)12(14(18)9-15)7-10-3-5-11(16)6-4-10/h3-7H,8-9H2,1-2H3. The molecule has 0 aliphatic heterocycles. The number of halogens is 1. The van der Waals surface area contributed by atoms with Gasteiger partial charge in [-0.25, -0.2) is 0 Å². The summed E-state index contributed by atoms with van der Waals surface area (Å²) < 4.78 is 0. The van der Waals surface area contributed by atoms with Crippen molar-refractivity contribution in [3.05, 3.63) is 40.4 Å². The summed E-state index contributed by atoms with van der Waals surface area (Å²) in [6.07, 6.45) is 2.52. The molecule has 0 aromatic heterocycles. The van der Waals surface area contributed by atoms with E-state index in [2.05, 4.69) is 0 Å². The van der Waals surface area contributed by atoms with Crippen LogP contribution in [0.1, 0.15) is 32.3 Å². The van der Waals surface area contributed by atoms with Crippen LogP contribution in [0.3, 0.4) is 0 Å². The first-order chi connectivity index (χ1) is 8.37. The van der Waals surface area contributed by atoms with Crippen LogP contribution < -0.4 is 0 Å². The van der Waals surface area contributed by atoms with E-state index in [-0.39, 0.29) is 17.0 Å². The Hall–Kier alpha value is -1.41. The van der Waals surface area contributed by atoms with Gasteiger partial charge in [-0.2, -0.15) is 0 Å². The number of Topliss-reactive ketones (excluding diaryl/α,β-unsaturated/α-hetero) is 2. The molecule has 0 bridgehead atoms. The van der Waals surface area contributed by atoms with Gasteiger partial charge in [0.1, 0.15) is 0 Å². The second-order valence-corrected chi connectivity index (χ2v) is 5.91. The minimum Gasteiger partial charge on any atom is -0.294 e. The Bertz CT molecular complexity index is 502. The van der Waals surface area contributed by atoms with E-state index >= 15 is 0 Å². The average Bonchev–Trinajstić information content (AvgIpc) is 2.24. The minimum absolute atomic E-state index is 0.0637. The molecule has 1 fully saturated rings. The smallest absolute Gasteiger partial charge is 0.167 e. The number of carbonyl (C=O) groups is 2. The van der Waals surface area contributed by atoms with Gasteiger partial charge in [0.15, 0.2) is 11.6 Å². The maximum Gasteiger partial charge on any atom is 0.167 e. The zero-order chi connectivity index (χ0) is 13.3. The third kappa shape index (κ3) is 2.88. The van der Waals surface area contributed by atoms with Crippen LogP contribution >= 0.6 is 11.6 Å². The van der Waals surface area contributed by atoms with Crippen LogP contribution in [0.4, 0.5) is 0 Å². The van der Waals surface area contributed by atoms with Crippen molar-refractivity contribution in [1.82, 2.24) is 0 Å². The number of hydrogen-bond donors (Lipinski definition) is 0. The van der Waals surface area contributed by atoms with Crippen LogP contribution in [0.25, 0.3) is 6.08 Å². The summed E-state index contributed by atoms with van der Waals surface area (Å²) in [5.74, 6) is -0.127. The molecule has 2 rings (SSSR count). The molecule has 18 heavy (non-hydrogen) atoms. The highest BCUT2D eigenvalue weighted by Crippen LogP contribution is 2.34. The van der Waals surface area contributed by atoms with E-state index in [0.717, 1.165) is 5.56 Å². The van der Waals surface area contributed by atoms with Crippen molar-refractivity contribution in [2.45, 2.75) is 26.7 Å². The molecule has 1 aromatic carbocycles. The fraction of sp³-hybridized carbons (Fsp3) is 0.333. The van der Waals surface area contributed by atoms with Gasteiger partial charge in [-0.3, -0.25) is 9.59 Å². The van der Waals surface area contributed by atoms with Crippen LogP contribution in [0.15, 0.2) is 29.8 Å². The molecule has 1 saturated carbocycles. The lowest BCUT2D eigenvalue weighted by molar-refractivity contribution is -0.127. The molecule has 0 heterocycles. The van der Waals surface area contributed by atoms with Crippen LogP contribution in [-0.4, -0.2) is 11.6 Å². The van der Waals surface area contributed by atoms with Crippen molar-refractivity contribution in [3.63, 3.8) is 0 Å². The molecule has 2 nitrogen and oxygen atoms in total. The van der Waals surface area contributed by atoms with Crippen molar-refractivity contribution >= 4 is 29.2 Å². The van der Waals surface area contributed by atoms with E-state index in [0.29, 0.717) is 23.4 Å². The van der Waals surface area contributed by atoms with Gasteiger partial charge in [0.05, 0.1) is 5.57 Å². The van der Waals surface area contributed by atoms with Crippen molar-refractivity contribution < 1.29 is 9.59 Å². The predicted molar refractivity (Wildman–Crippen MR) is 72.5 cm³/mol. The number of ketones is 2. The van der Waals surface area contributed by atoms with Gasteiger partial charge in [0.2, 0.25) is 0 Å². The molecule has 0 radical (unpaired) electrons. The second-order valence-electron chi connectivity index (χ2n) is 5.47. The summed E-state index contributed by atoms with van der Waals surface area (Å²) in [6, 6.07) is 7.09. The molecule has 0 spiro atoms. The summed E-state index contributed by atoms with van der Waals surface area (Å²) >= 11 is 5.79. The molecule has 1 aliphatic carbocycles. The monoisotopic (exact) mass is 262 g/mol. The quantitative estimate of drug-likeness (QED) is 0.571. The summed E-state index contributed by atoms with van der Waals surface area (Å²) in [4.78, 5) is 24.0. The predicted octanol–water partition coefficient (Wildman–Crippen LogP) is 3.68. The summed E-state index contributed by atoms with van der Waals surface area (Å²) in [5, 5.41) is 0.639. The number of hydrogen-bond acceptors (Lipinski definition) is 2. The van der Waals surface area contributed by atoms with E-state index in [1.807, 2.05) is 13.8 Å². The van der Waals surface area contributed by atoms with Gasteiger partial charge < -0.3 is 0 Å². The van der Waals surface area contributed by atoms with Crippen LogP contribution in [0.2, 0.25) is 5.02 Å². The topological polar surface area (TPSA) is 34.1 Å². The second kappa shape index (κ2) is 4.69. The largest absolute Gasteiger partial charge is 0.294 e. The summed E-state index contributed by atoms with van der Waals surface area (Å²) in [7, 11) is 0. The third-order valence-electron chi connectivity index (χ3n) is 3.06. The first-order valence-corrected chi connectivity index (χ1v) is 6.29. The van der Waals surface area contributed by atoms with Gasteiger partial charge in [0.25, 0.3) is 0 Å².